The van der Waals surface area contributed by atoms with Crippen LogP contribution in [0.15, 0.2) is 24.3 Å². The number of phenols is 1. The summed E-state index contributed by atoms with van der Waals surface area (Å²) in [5.74, 6) is -8.06. The molecular formula is C10H9F4NO. The fraction of sp³-hybridized carbons (Fsp3) is 0.400. The Morgan fingerprint density at radius 3 is 1.81 bits per heavy atom. The monoisotopic (exact) mass is 235 g/mol. The standard InChI is InChI=1S/C10H9F4NO/c11-9(12)5-15(6-10(9,13)14)7-1-3-8(16)4-2-7/h1-4,16H,5-6H2. The Morgan fingerprint density at radius 2 is 1.38 bits per heavy atom. The zero-order chi connectivity index (χ0) is 12.0. The van der Waals surface area contributed by atoms with Crippen LogP contribution in [0.5, 0.6) is 5.75 Å². The van der Waals surface area contributed by atoms with Crippen molar-refractivity contribution in [3.63, 3.8) is 0 Å². The SMILES string of the molecule is Oc1ccc(N2CC(F)(F)C(F)(F)C2)cc1. The molecule has 1 aliphatic heterocycles. The molecule has 0 saturated carbocycles. The predicted octanol–water partition coefficient (Wildman–Crippen LogP) is 2.48. The maximum absolute atomic E-state index is 12.9. The third-order valence-electron chi connectivity index (χ3n) is 2.53. The van der Waals surface area contributed by atoms with Gasteiger partial charge in [-0.2, -0.15) is 17.6 Å². The topological polar surface area (TPSA) is 23.5 Å². The molecule has 0 amide bonds. The summed E-state index contributed by atoms with van der Waals surface area (Å²) in [6, 6.07) is 5.19. The molecule has 0 aromatic heterocycles. The summed E-state index contributed by atoms with van der Waals surface area (Å²) in [5.41, 5.74) is 0.245. The molecule has 1 aromatic carbocycles. The van der Waals surface area contributed by atoms with E-state index in [1.54, 1.807) is 0 Å². The fourth-order valence-corrected chi connectivity index (χ4v) is 1.61. The van der Waals surface area contributed by atoms with Crippen molar-refractivity contribution in [1.82, 2.24) is 0 Å². The molecule has 0 bridgehead atoms. The molecular weight excluding hydrogens is 226 g/mol. The highest BCUT2D eigenvalue weighted by atomic mass is 19.3. The van der Waals surface area contributed by atoms with Crippen LogP contribution in [0.3, 0.4) is 0 Å². The van der Waals surface area contributed by atoms with Crippen LogP contribution in [0.25, 0.3) is 0 Å². The van der Waals surface area contributed by atoms with E-state index in [4.69, 9.17) is 5.11 Å². The quantitative estimate of drug-likeness (QED) is 0.756. The van der Waals surface area contributed by atoms with E-state index >= 15 is 0 Å². The van der Waals surface area contributed by atoms with Gasteiger partial charge < -0.3 is 10.0 Å². The summed E-state index contributed by atoms with van der Waals surface area (Å²) in [6.45, 7) is -2.02. The van der Waals surface area contributed by atoms with E-state index in [-0.39, 0.29) is 11.4 Å². The van der Waals surface area contributed by atoms with E-state index in [1.807, 2.05) is 0 Å². The van der Waals surface area contributed by atoms with Crippen molar-refractivity contribution in [1.29, 1.82) is 0 Å². The largest absolute Gasteiger partial charge is 0.508 e. The minimum absolute atomic E-state index is 0.0403. The molecule has 1 N–H and O–H groups in total. The Bertz CT molecular complexity index is 374. The summed E-state index contributed by atoms with van der Waals surface area (Å²) in [4.78, 5) is 0.902. The van der Waals surface area contributed by atoms with Crippen molar-refractivity contribution in [2.75, 3.05) is 18.0 Å². The summed E-state index contributed by atoms with van der Waals surface area (Å²) in [6.07, 6.45) is 0. The lowest BCUT2D eigenvalue weighted by Gasteiger charge is -2.16. The molecule has 0 unspecified atom stereocenters. The molecule has 2 nitrogen and oxygen atoms in total. The average Bonchev–Trinajstić information content (AvgIpc) is 2.37. The Hall–Kier alpha value is -1.46. The fourth-order valence-electron chi connectivity index (χ4n) is 1.61. The third-order valence-corrected chi connectivity index (χ3v) is 2.53. The molecule has 0 radical (unpaired) electrons. The number of nitrogens with zero attached hydrogens (tertiary/aromatic N) is 1. The Labute approximate surface area is 89.1 Å². The van der Waals surface area contributed by atoms with Crippen LogP contribution < -0.4 is 4.90 Å². The summed E-state index contributed by atoms with van der Waals surface area (Å²) >= 11 is 0. The van der Waals surface area contributed by atoms with Gasteiger partial charge in [-0.05, 0) is 24.3 Å². The molecule has 1 saturated heterocycles. The molecule has 1 heterocycles. The Balaban J connectivity index is 2.23. The van der Waals surface area contributed by atoms with Crippen LogP contribution in [0.1, 0.15) is 0 Å². The third kappa shape index (κ3) is 1.68. The highest BCUT2D eigenvalue weighted by Gasteiger charge is 2.62. The number of hydrogen-bond acceptors (Lipinski definition) is 2. The van der Waals surface area contributed by atoms with Crippen LogP contribution in [0.2, 0.25) is 0 Å². The smallest absolute Gasteiger partial charge is 0.329 e. The van der Waals surface area contributed by atoms with Crippen LogP contribution in [0.4, 0.5) is 23.2 Å². The van der Waals surface area contributed by atoms with Crippen LogP contribution in [0, 0.1) is 0 Å². The zero-order valence-corrected chi connectivity index (χ0v) is 8.13. The molecule has 1 fully saturated rings. The lowest BCUT2D eigenvalue weighted by molar-refractivity contribution is -0.172. The van der Waals surface area contributed by atoms with Gasteiger partial charge in [-0.3, -0.25) is 0 Å². The van der Waals surface area contributed by atoms with Gasteiger partial charge >= 0.3 is 11.8 Å². The summed E-state index contributed by atoms with van der Waals surface area (Å²) < 4.78 is 51.6. The number of phenolic OH excluding ortho intramolecular Hbond substituents is 1. The highest BCUT2D eigenvalue weighted by molar-refractivity contribution is 5.51. The van der Waals surface area contributed by atoms with E-state index in [0.29, 0.717) is 0 Å². The van der Waals surface area contributed by atoms with E-state index in [0.717, 1.165) is 4.90 Å². The van der Waals surface area contributed by atoms with Crippen LogP contribution in [-0.4, -0.2) is 30.0 Å². The van der Waals surface area contributed by atoms with Gasteiger partial charge in [-0.15, -0.1) is 0 Å². The average molecular weight is 235 g/mol. The zero-order valence-electron chi connectivity index (χ0n) is 8.13. The molecule has 2 rings (SSSR count). The lowest BCUT2D eigenvalue weighted by atomic mass is 10.2. The first kappa shape index (κ1) is 11.0. The van der Waals surface area contributed by atoms with Crippen molar-refractivity contribution in [2.24, 2.45) is 0 Å². The molecule has 0 spiro atoms. The molecule has 88 valence electrons. The summed E-state index contributed by atoms with van der Waals surface area (Å²) in [5, 5.41) is 8.99. The van der Waals surface area contributed by atoms with Gasteiger partial charge in [0.2, 0.25) is 0 Å². The van der Waals surface area contributed by atoms with Crippen LogP contribution >= 0.6 is 0 Å². The first-order chi connectivity index (χ1) is 7.32. The first-order valence-corrected chi connectivity index (χ1v) is 4.61. The number of rotatable bonds is 1. The van der Waals surface area contributed by atoms with Crippen molar-refractivity contribution in [3.05, 3.63) is 24.3 Å². The van der Waals surface area contributed by atoms with E-state index in [1.165, 1.54) is 24.3 Å². The molecule has 1 aliphatic rings. The van der Waals surface area contributed by atoms with Gasteiger partial charge in [0.1, 0.15) is 5.75 Å². The number of benzene rings is 1. The minimum Gasteiger partial charge on any atom is -0.508 e. The van der Waals surface area contributed by atoms with Gasteiger partial charge in [0.15, 0.2) is 0 Å². The Kier molecular flexibility index (Phi) is 2.25. The molecule has 16 heavy (non-hydrogen) atoms. The summed E-state index contributed by atoms with van der Waals surface area (Å²) in [7, 11) is 0. The van der Waals surface area contributed by atoms with Crippen LogP contribution in [-0.2, 0) is 0 Å². The number of anilines is 1. The maximum atomic E-state index is 12.9. The highest BCUT2D eigenvalue weighted by Crippen LogP contribution is 2.42. The predicted molar refractivity (Wildman–Crippen MR) is 50.2 cm³/mol. The number of alkyl halides is 4. The van der Waals surface area contributed by atoms with E-state index < -0.39 is 24.9 Å². The van der Waals surface area contributed by atoms with Gasteiger partial charge in [-0.25, -0.2) is 0 Å². The second kappa shape index (κ2) is 3.26. The molecule has 0 atom stereocenters. The number of hydrogen-bond donors (Lipinski definition) is 1. The first-order valence-electron chi connectivity index (χ1n) is 4.61. The van der Waals surface area contributed by atoms with Gasteiger partial charge in [0, 0.05) is 5.69 Å². The second-order valence-corrected chi connectivity index (χ2v) is 3.78. The van der Waals surface area contributed by atoms with Gasteiger partial charge in [-0.1, -0.05) is 0 Å². The minimum atomic E-state index is -4.01. The molecule has 0 aliphatic carbocycles. The van der Waals surface area contributed by atoms with Crippen molar-refractivity contribution in [3.8, 4) is 5.75 Å². The van der Waals surface area contributed by atoms with Gasteiger partial charge in [0.05, 0.1) is 13.1 Å². The van der Waals surface area contributed by atoms with Gasteiger partial charge in [0.25, 0.3) is 0 Å². The van der Waals surface area contributed by atoms with Crippen molar-refractivity contribution < 1.29 is 22.7 Å². The number of aromatic hydroxyl groups is 1. The Morgan fingerprint density at radius 1 is 0.938 bits per heavy atom. The lowest BCUT2D eigenvalue weighted by Crippen LogP contribution is -2.38. The number of halogens is 4. The normalized spacial score (nSPS) is 22.4. The molecule has 6 heteroatoms. The second-order valence-electron chi connectivity index (χ2n) is 3.78. The van der Waals surface area contributed by atoms with Crippen molar-refractivity contribution in [2.45, 2.75) is 11.8 Å². The maximum Gasteiger partial charge on any atom is 0.329 e. The van der Waals surface area contributed by atoms with Crippen molar-refractivity contribution >= 4 is 5.69 Å². The van der Waals surface area contributed by atoms with E-state index in [2.05, 4.69) is 0 Å². The molecule has 1 aromatic rings. The van der Waals surface area contributed by atoms with E-state index in [9.17, 15) is 17.6 Å².